The van der Waals surface area contributed by atoms with Crippen molar-refractivity contribution in [2.45, 2.75) is 6.92 Å². The molecule has 0 fully saturated rings. The SMILES string of the molecule is Cc1cc(Br)c(I)c2cnn(C)c12. The van der Waals surface area contributed by atoms with Crippen molar-refractivity contribution in [2.75, 3.05) is 0 Å². The normalized spacial score (nSPS) is 11.1. The van der Waals surface area contributed by atoms with E-state index in [0.29, 0.717) is 0 Å². The van der Waals surface area contributed by atoms with Gasteiger partial charge in [0.05, 0.1) is 11.7 Å². The lowest BCUT2D eigenvalue weighted by Crippen LogP contribution is -1.92. The monoisotopic (exact) mass is 350 g/mol. The van der Waals surface area contributed by atoms with Crippen molar-refractivity contribution in [1.82, 2.24) is 9.78 Å². The van der Waals surface area contributed by atoms with Gasteiger partial charge in [0.25, 0.3) is 0 Å². The molecule has 1 aromatic carbocycles. The minimum Gasteiger partial charge on any atom is -0.268 e. The number of aryl methyl sites for hydroxylation is 2. The quantitative estimate of drug-likeness (QED) is 0.667. The van der Waals surface area contributed by atoms with Crippen molar-refractivity contribution in [3.63, 3.8) is 0 Å². The fourth-order valence-corrected chi connectivity index (χ4v) is 2.62. The zero-order valence-electron chi connectivity index (χ0n) is 7.31. The Morgan fingerprint density at radius 3 is 2.92 bits per heavy atom. The van der Waals surface area contributed by atoms with Crippen LogP contribution in [-0.4, -0.2) is 9.78 Å². The van der Waals surface area contributed by atoms with Crippen LogP contribution in [0.2, 0.25) is 0 Å². The van der Waals surface area contributed by atoms with Gasteiger partial charge in [-0.1, -0.05) is 0 Å². The van der Waals surface area contributed by atoms with E-state index in [4.69, 9.17) is 0 Å². The number of rotatable bonds is 0. The van der Waals surface area contributed by atoms with Gasteiger partial charge in [-0.05, 0) is 57.1 Å². The van der Waals surface area contributed by atoms with Crippen LogP contribution in [0.3, 0.4) is 0 Å². The molecule has 0 spiro atoms. The van der Waals surface area contributed by atoms with Crippen LogP contribution in [0.1, 0.15) is 5.56 Å². The summed E-state index contributed by atoms with van der Waals surface area (Å²) in [6.45, 7) is 2.10. The van der Waals surface area contributed by atoms with Crippen LogP contribution in [0.5, 0.6) is 0 Å². The Kier molecular flexibility index (Phi) is 2.35. The second-order valence-corrected chi connectivity index (χ2v) is 4.95. The summed E-state index contributed by atoms with van der Waals surface area (Å²) in [6.07, 6.45) is 1.91. The van der Waals surface area contributed by atoms with E-state index in [1.54, 1.807) is 0 Å². The molecule has 13 heavy (non-hydrogen) atoms. The lowest BCUT2D eigenvalue weighted by Gasteiger charge is -2.03. The summed E-state index contributed by atoms with van der Waals surface area (Å²) in [5, 5.41) is 5.47. The van der Waals surface area contributed by atoms with E-state index >= 15 is 0 Å². The molecule has 0 unspecified atom stereocenters. The highest BCUT2D eigenvalue weighted by molar-refractivity contribution is 14.1. The van der Waals surface area contributed by atoms with E-state index in [1.165, 1.54) is 20.0 Å². The third-order valence-corrected chi connectivity index (χ3v) is 4.63. The Bertz CT molecular complexity index is 476. The fourth-order valence-electron chi connectivity index (χ4n) is 1.52. The number of hydrogen-bond acceptors (Lipinski definition) is 1. The average Bonchev–Trinajstić information content (AvgIpc) is 2.44. The van der Waals surface area contributed by atoms with Crippen LogP contribution >= 0.6 is 38.5 Å². The molecule has 0 amide bonds. The maximum atomic E-state index is 4.25. The molecule has 0 aliphatic heterocycles. The van der Waals surface area contributed by atoms with Crippen LogP contribution in [0.4, 0.5) is 0 Å². The topological polar surface area (TPSA) is 17.8 Å². The predicted molar refractivity (Wildman–Crippen MR) is 65.9 cm³/mol. The number of halogens is 2. The lowest BCUT2D eigenvalue weighted by molar-refractivity contribution is 0.794. The molecule has 2 aromatic rings. The fraction of sp³-hybridized carbons (Fsp3) is 0.222. The highest BCUT2D eigenvalue weighted by Gasteiger charge is 2.09. The molecular formula is C9H8BrIN2. The van der Waals surface area contributed by atoms with Crippen LogP contribution in [0, 0.1) is 10.5 Å². The van der Waals surface area contributed by atoms with E-state index in [2.05, 4.69) is 56.6 Å². The van der Waals surface area contributed by atoms with Crippen molar-refractivity contribution >= 4 is 49.4 Å². The molecule has 0 bridgehead atoms. The molecule has 2 rings (SSSR count). The summed E-state index contributed by atoms with van der Waals surface area (Å²) in [5.41, 5.74) is 2.47. The van der Waals surface area contributed by atoms with E-state index in [1.807, 2.05) is 17.9 Å². The van der Waals surface area contributed by atoms with Gasteiger partial charge in [-0.25, -0.2) is 0 Å². The highest BCUT2D eigenvalue weighted by atomic mass is 127. The molecule has 1 heterocycles. The van der Waals surface area contributed by atoms with Gasteiger partial charge < -0.3 is 0 Å². The Balaban J connectivity index is 2.99. The van der Waals surface area contributed by atoms with E-state index in [9.17, 15) is 0 Å². The second-order valence-electron chi connectivity index (χ2n) is 3.02. The van der Waals surface area contributed by atoms with Gasteiger partial charge in [-0.2, -0.15) is 5.10 Å². The average molecular weight is 351 g/mol. The maximum absolute atomic E-state index is 4.25. The minimum atomic E-state index is 1.14. The van der Waals surface area contributed by atoms with Gasteiger partial charge in [0.1, 0.15) is 0 Å². The third-order valence-electron chi connectivity index (χ3n) is 2.10. The van der Waals surface area contributed by atoms with Crippen molar-refractivity contribution in [3.8, 4) is 0 Å². The van der Waals surface area contributed by atoms with Gasteiger partial charge in [-0.15, -0.1) is 0 Å². The first-order valence-electron chi connectivity index (χ1n) is 3.87. The molecule has 2 nitrogen and oxygen atoms in total. The molecule has 68 valence electrons. The van der Waals surface area contributed by atoms with Crippen molar-refractivity contribution in [1.29, 1.82) is 0 Å². The van der Waals surface area contributed by atoms with Crippen molar-refractivity contribution < 1.29 is 0 Å². The molecule has 0 aliphatic rings. The lowest BCUT2D eigenvalue weighted by atomic mass is 10.2. The van der Waals surface area contributed by atoms with Crippen LogP contribution < -0.4 is 0 Å². The molecule has 0 saturated heterocycles. The van der Waals surface area contributed by atoms with Gasteiger partial charge >= 0.3 is 0 Å². The van der Waals surface area contributed by atoms with Crippen molar-refractivity contribution in [3.05, 3.63) is 25.9 Å². The summed E-state index contributed by atoms with van der Waals surface area (Å²) >= 11 is 5.86. The minimum absolute atomic E-state index is 1.14. The Morgan fingerprint density at radius 1 is 1.54 bits per heavy atom. The molecular weight excluding hydrogens is 343 g/mol. The Labute approximate surface area is 98.6 Å². The van der Waals surface area contributed by atoms with Gasteiger partial charge in [0, 0.05) is 20.5 Å². The molecule has 1 aromatic heterocycles. The summed E-state index contributed by atoms with van der Waals surface area (Å²) in [7, 11) is 1.97. The predicted octanol–water partition coefficient (Wildman–Crippen LogP) is 3.25. The molecule has 0 saturated carbocycles. The number of nitrogens with zero attached hydrogens (tertiary/aromatic N) is 2. The summed E-state index contributed by atoms with van der Waals surface area (Å²) in [5.74, 6) is 0. The molecule has 4 heteroatoms. The maximum Gasteiger partial charge on any atom is 0.0719 e. The van der Waals surface area contributed by atoms with Gasteiger partial charge in [-0.3, -0.25) is 4.68 Å². The number of benzene rings is 1. The summed E-state index contributed by atoms with van der Waals surface area (Å²) < 4.78 is 4.29. The van der Waals surface area contributed by atoms with Crippen LogP contribution in [0.25, 0.3) is 10.9 Å². The van der Waals surface area contributed by atoms with Crippen molar-refractivity contribution in [2.24, 2.45) is 7.05 Å². The van der Waals surface area contributed by atoms with Gasteiger partial charge in [0.2, 0.25) is 0 Å². The smallest absolute Gasteiger partial charge is 0.0719 e. The second kappa shape index (κ2) is 3.24. The zero-order valence-corrected chi connectivity index (χ0v) is 11.0. The van der Waals surface area contributed by atoms with Crippen LogP contribution in [-0.2, 0) is 7.05 Å². The largest absolute Gasteiger partial charge is 0.268 e. The Morgan fingerprint density at radius 2 is 2.23 bits per heavy atom. The van der Waals surface area contributed by atoms with Gasteiger partial charge in [0.15, 0.2) is 0 Å². The first-order chi connectivity index (χ1) is 6.11. The number of aromatic nitrogens is 2. The first kappa shape index (κ1) is 9.45. The third kappa shape index (κ3) is 1.40. The summed E-state index contributed by atoms with van der Waals surface area (Å²) in [6, 6.07) is 2.13. The van der Waals surface area contributed by atoms with E-state index < -0.39 is 0 Å². The Hall–Kier alpha value is -0.100. The molecule has 0 aliphatic carbocycles. The number of fused-ring (bicyclic) bond motifs is 1. The van der Waals surface area contributed by atoms with Crippen LogP contribution in [0.15, 0.2) is 16.7 Å². The molecule has 0 atom stereocenters. The number of hydrogen-bond donors (Lipinski definition) is 0. The summed E-state index contributed by atoms with van der Waals surface area (Å²) in [4.78, 5) is 0. The van der Waals surface area contributed by atoms with E-state index in [-0.39, 0.29) is 0 Å². The van der Waals surface area contributed by atoms with E-state index in [0.717, 1.165) is 4.47 Å². The zero-order chi connectivity index (χ0) is 9.59. The molecule has 0 radical (unpaired) electrons. The standard InChI is InChI=1S/C9H8BrIN2/c1-5-3-7(10)8(11)6-4-12-13(2)9(5)6/h3-4H,1-2H3. The first-order valence-corrected chi connectivity index (χ1v) is 5.74. The molecule has 0 N–H and O–H groups in total. The highest BCUT2D eigenvalue weighted by Crippen LogP contribution is 2.30.